The summed E-state index contributed by atoms with van der Waals surface area (Å²) >= 11 is 0. The lowest BCUT2D eigenvalue weighted by Crippen LogP contribution is -2.40. The quantitative estimate of drug-likeness (QED) is 0.485. The zero-order valence-corrected chi connectivity index (χ0v) is 21.0. The number of nitrogens with zero attached hydrogens (tertiary/aromatic N) is 3. The SMILES string of the molecule is CCc1cccc(NC(=O)N(CC)CC(=O)Nc2cc(C(C)(C)C)nn2-c2cccc(C)c2)c1. The van der Waals surface area contributed by atoms with Gasteiger partial charge in [-0.15, -0.1) is 0 Å². The maximum Gasteiger partial charge on any atom is 0.322 e. The van der Waals surface area contributed by atoms with Gasteiger partial charge in [0.15, 0.2) is 0 Å². The molecule has 34 heavy (non-hydrogen) atoms. The number of carbonyl (C=O) groups excluding carboxylic acids is 2. The Morgan fingerprint density at radius 1 is 1.00 bits per heavy atom. The summed E-state index contributed by atoms with van der Waals surface area (Å²) in [6, 6.07) is 17.3. The summed E-state index contributed by atoms with van der Waals surface area (Å²) in [6.07, 6.45) is 0.884. The Kier molecular flexibility index (Phi) is 7.76. The van der Waals surface area contributed by atoms with Crippen LogP contribution in [-0.2, 0) is 16.6 Å². The predicted octanol–water partition coefficient (Wildman–Crippen LogP) is 5.53. The van der Waals surface area contributed by atoms with E-state index in [1.807, 2.05) is 68.4 Å². The summed E-state index contributed by atoms with van der Waals surface area (Å²) < 4.78 is 1.75. The number of rotatable bonds is 7. The molecule has 0 bridgehead atoms. The lowest BCUT2D eigenvalue weighted by atomic mass is 9.92. The summed E-state index contributed by atoms with van der Waals surface area (Å²) in [6.45, 7) is 12.5. The molecule has 0 saturated heterocycles. The molecular weight excluding hydrogens is 426 g/mol. The molecule has 0 saturated carbocycles. The van der Waals surface area contributed by atoms with Crippen molar-refractivity contribution in [1.82, 2.24) is 14.7 Å². The Morgan fingerprint density at radius 2 is 1.74 bits per heavy atom. The Morgan fingerprint density at radius 3 is 2.38 bits per heavy atom. The van der Waals surface area contributed by atoms with E-state index in [2.05, 4.69) is 38.3 Å². The number of aryl methyl sites for hydroxylation is 2. The van der Waals surface area contributed by atoms with Crippen LogP contribution < -0.4 is 10.6 Å². The van der Waals surface area contributed by atoms with Crippen molar-refractivity contribution in [3.63, 3.8) is 0 Å². The first kappa shape index (κ1) is 25.0. The summed E-state index contributed by atoms with van der Waals surface area (Å²) in [7, 11) is 0. The molecule has 3 rings (SSSR count). The van der Waals surface area contributed by atoms with Crippen molar-refractivity contribution < 1.29 is 9.59 Å². The molecule has 0 aliphatic carbocycles. The molecule has 3 amide bonds. The molecule has 180 valence electrons. The normalized spacial score (nSPS) is 11.2. The van der Waals surface area contributed by atoms with Gasteiger partial charge in [0.25, 0.3) is 0 Å². The second-order valence-electron chi connectivity index (χ2n) is 9.46. The van der Waals surface area contributed by atoms with Gasteiger partial charge < -0.3 is 15.5 Å². The van der Waals surface area contributed by atoms with Crippen LogP contribution in [0.1, 0.15) is 51.4 Å². The molecule has 0 unspecified atom stereocenters. The Hall–Kier alpha value is -3.61. The summed E-state index contributed by atoms with van der Waals surface area (Å²) in [5.74, 6) is 0.293. The van der Waals surface area contributed by atoms with Gasteiger partial charge in [0.05, 0.1) is 11.4 Å². The minimum atomic E-state index is -0.312. The number of urea groups is 1. The molecule has 0 aliphatic heterocycles. The zero-order valence-electron chi connectivity index (χ0n) is 21.0. The van der Waals surface area contributed by atoms with Gasteiger partial charge in [-0.2, -0.15) is 5.10 Å². The lowest BCUT2D eigenvalue weighted by molar-refractivity contribution is -0.116. The molecule has 0 radical (unpaired) electrons. The van der Waals surface area contributed by atoms with Crippen molar-refractivity contribution in [2.75, 3.05) is 23.7 Å². The fourth-order valence-corrected chi connectivity index (χ4v) is 3.55. The Balaban J connectivity index is 1.77. The first-order valence-corrected chi connectivity index (χ1v) is 11.7. The number of benzene rings is 2. The average molecular weight is 462 g/mol. The topological polar surface area (TPSA) is 79.3 Å². The van der Waals surface area contributed by atoms with E-state index < -0.39 is 0 Å². The second kappa shape index (κ2) is 10.5. The van der Waals surface area contributed by atoms with E-state index in [9.17, 15) is 9.59 Å². The van der Waals surface area contributed by atoms with Crippen LogP contribution in [0, 0.1) is 6.92 Å². The van der Waals surface area contributed by atoms with Gasteiger partial charge >= 0.3 is 6.03 Å². The summed E-state index contributed by atoms with van der Waals surface area (Å²) in [4.78, 5) is 27.3. The van der Waals surface area contributed by atoms with Gasteiger partial charge in [0.1, 0.15) is 12.4 Å². The summed E-state index contributed by atoms with van der Waals surface area (Å²) in [5, 5.41) is 10.6. The van der Waals surface area contributed by atoms with Crippen LogP contribution in [0.5, 0.6) is 0 Å². The molecular formula is C27H35N5O2. The van der Waals surface area contributed by atoms with Crippen molar-refractivity contribution in [2.45, 2.75) is 53.4 Å². The molecule has 2 N–H and O–H groups in total. The highest BCUT2D eigenvalue weighted by atomic mass is 16.2. The fraction of sp³-hybridized carbons (Fsp3) is 0.370. The highest BCUT2D eigenvalue weighted by Crippen LogP contribution is 2.26. The van der Waals surface area contributed by atoms with Gasteiger partial charge in [0.2, 0.25) is 5.91 Å². The first-order valence-electron chi connectivity index (χ1n) is 11.7. The number of aromatic nitrogens is 2. The molecule has 0 fully saturated rings. The predicted molar refractivity (Wildman–Crippen MR) is 138 cm³/mol. The Labute approximate surface area is 202 Å². The van der Waals surface area contributed by atoms with Crippen molar-refractivity contribution in [1.29, 1.82) is 0 Å². The zero-order chi connectivity index (χ0) is 24.9. The standard InChI is InChI=1S/C27H35N5O2/c1-7-20-12-10-13-21(16-20)28-26(34)31(8-2)18-25(33)29-24-17-23(27(4,5)6)30-32(24)22-14-9-11-19(3)15-22/h9-17H,7-8,18H2,1-6H3,(H,28,34)(H,29,33). The van der Waals surface area contributed by atoms with Crippen LogP contribution in [0.4, 0.5) is 16.3 Å². The average Bonchev–Trinajstić information content (AvgIpc) is 3.21. The molecule has 0 aliphatic rings. The Bertz CT molecular complexity index is 1160. The third-order valence-electron chi connectivity index (χ3n) is 5.58. The van der Waals surface area contributed by atoms with Gasteiger partial charge in [-0.3, -0.25) is 4.79 Å². The number of anilines is 2. The molecule has 0 spiro atoms. The van der Waals surface area contributed by atoms with E-state index in [0.29, 0.717) is 12.4 Å². The van der Waals surface area contributed by atoms with E-state index in [0.717, 1.165) is 34.6 Å². The van der Waals surface area contributed by atoms with Crippen molar-refractivity contribution in [3.8, 4) is 5.69 Å². The van der Waals surface area contributed by atoms with E-state index in [4.69, 9.17) is 5.10 Å². The first-order chi connectivity index (χ1) is 16.1. The third-order valence-corrected chi connectivity index (χ3v) is 5.58. The molecule has 7 heteroatoms. The maximum absolute atomic E-state index is 13.0. The molecule has 3 aromatic rings. The summed E-state index contributed by atoms with van der Waals surface area (Å²) in [5.41, 5.74) is 4.50. The third kappa shape index (κ3) is 6.25. The van der Waals surface area contributed by atoms with Gasteiger partial charge in [0, 0.05) is 23.7 Å². The van der Waals surface area contributed by atoms with Crippen LogP contribution in [0.2, 0.25) is 0 Å². The van der Waals surface area contributed by atoms with Crippen LogP contribution >= 0.6 is 0 Å². The fourth-order valence-electron chi connectivity index (χ4n) is 3.55. The van der Waals surface area contributed by atoms with Crippen molar-refractivity contribution in [3.05, 3.63) is 71.4 Å². The van der Waals surface area contributed by atoms with Gasteiger partial charge in [-0.05, 0) is 55.7 Å². The van der Waals surface area contributed by atoms with E-state index >= 15 is 0 Å². The minimum absolute atomic E-state index is 0.0698. The lowest BCUT2D eigenvalue weighted by Gasteiger charge is -2.21. The van der Waals surface area contributed by atoms with Crippen molar-refractivity contribution in [2.24, 2.45) is 0 Å². The molecule has 0 atom stereocenters. The number of likely N-dealkylation sites (N-methyl/N-ethyl adjacent to an activating group) is 1. The van der Waals surface area contributed by atoms with E-state index in [1.165, 1.54) is 4.90 Å². The van der Waals surface area contributed by atoms with Crippen molar-refractivity contribution >= 4 is 23.4 Å². The second-order valence-corrected chi connectivity index (χ2v) is 9.46. The highest BCUT2D eigenvalue weighted by molar-refractivity contribution is 5.96. The monoisotopic (exact) mass is 461 g/mol. The number of carbonyl (C=O) groups is 2. The largest absolute Gasteiger partial charge is 0.322 e. The molecule has 2 aromatic carbocycles. The minimum Gasteiger partial charge on any atom is -0.315 e. The van der Waals surface area contributed by atoms with Crippen LogP contribution in [0.15, 0.2) is 54.6 Å². The number of hydrogen-bond donors (Lipinski definition) is 2. The number of nitrogens with one attached hydrogen (secondary N) is 2. The van der Waals surface area contributed by atoms with Crippen LogP contribution in [0.25, 0.3) is 5.69 Å². The molecule has 1 aromatic heterocycles. The number of hydrogen-bond acceptors (Lipinski definition) is 3. The molecule has 1 heterocycles. The molecule has 7 nitrogen and oxygen atoms in total. The highest BCUT2D eigenvalue weighted by Gasteiger charge is 2.23. The van der Waals surface area contributed by atoms with E-state index in [1.54, 1.807) is 4.68 Å². The van der Waals surface area contributed by atoms with Gasteiger partial charge in [-0.25, -0.2) is 9.48 Å². The van der Waals surface area contributed by atoms with Gasteiger partial charge in [-0.1, -0.05) is 52.0 Å². The van der Waals surface area contributed by atoms with Crippen LogP contribution in [-0.4, -0.2) is 39.7 Å². The number of amides is 3. The van der Waals surface area contributed by atoms with Crippen LogP contribution in [0.3, 0.4) is 0 Å². The maximum atomic E-state index is 13.0. The van der Waals surface area contributed by atoms with E-state index in [-0.39, 0.29) is 23.9 Å². The smallest absolute Gasteiger partial charge is 0.315 e.